The molecule has 0 aromatic heterocycles. The van der Waals surface area contributed by atoms with Crippen molar-refractivity contribution in [2.45, 2.75) is 42.1 Å². The second-order valence-electron chi connectivity index (χ2n) is 7.81. The van der Waals surface area contributed by atoms with Crippen molar-refractivity contribution in [1.82, 2.24) is 4.90 Å². The average Bonchev–Trinajstić information content (AvgIpc) is 3.13. The number of methoxy groups -OCH3 is 3. The molecule has 4 atom stereocenters. The maximum absolute atomic E-state index is 11.8. The first-order valence-electron chi connectivity index (χ1n) is 9.10. The number of rotatable bonds is 3. The minimum absolute atomic E-state index is 0.208. The van der Waals surface area contributed by atoms with E-state index in [1.807, 2.05) is 12.1 Å². The summed E-state index contributed by atoms with van der Waals surface area (Å²) in [7, 11) is 7.02. The number of aliphatic hydroxyl groups is 1. The van der Waals surface area contributed by atoms with Crippen LogP contribution in [0.15, 0.2) is 24.0 Å². The topological polar surface area (TPSA) is 60.4 Å². The van der Waals surface area contributed by atoms with Crippen LogP contribution in [0.2, 0.25) is 0 Å². The van der Waals surface area contributed by atoms with Crippen LogP contribution in [0.1, 0.15) is 36.5 Å². The van der Waals surface area contributed by atoms with Crippen LogP contribution in [-0.2, 0) is 14.9 Å². The molecule has 2 unspecified atom stereocenters. The quantitative estimate of drug-likeness (QED) is 0.892. The Balaban J connectivity index is 1.88. The third-order valence-corrected chi connectivity index (χ3v) is 7.26. The van der Waals surface area contributed by atoms with Gasteiger partial charge < -0.3 is 24.1 Å². The molecule has 0 saturated carbocycles. The molecule has 6 heteroatoms. The predicted molar refractivity (Wildman–Crippen MR) is 94.3 cm³/mol. The number of likely N-dealkylation sites (tertiary alicyclic amines) is 1. The lowest BCUT2D eigenvalue weighted by atomic mass is 9.53. The number of fused-ring (bicyclic) bond motifs is 3. The van der Waals surface area contributed by atoms with Crippen molar-refractivity contribution in [2.24, 2.45) is 0 Å². The zero-order chi connectivity index (χ0) is 18.3. The molecule has 2 aliphatic carbocycles. The molecule has 1 N–H and O–H groups in total. The molecule has 2 heterocycles. The minimum Gasteiger partial charge on any atom is -0.496 e. The molecule has 0 amide bonds. The molecular weight excluding hydrogens is 334 g/mol. The van der Waals surface area contributed by atoms with Gasteiger partial charge in [0.1, 0.15) is 0 Å². The number of hydrogen-bond acceptors (Lipinski definition) is 6. The highest BCUT2D eigenvalue weighted by Gasteiger charge is 2.79. The molecule has 2 saturated heterocycles. The number of likely N-dealkylation sites (N-methyl/N-ethyl adjacent to an activating group) is 1. The molecule has 4 aliphatic rings. The van der Waals surface area contributed by atoms with E-state index < -0.39 is 11.3 Å². The van der Waals surface area contributed by atoms with Crippen molar-refractivity contribution in [3.63, 3.8) is 0 Å². The summed E-state index contributed by atoms with van der Waals surface area (Å²) < 4.78 is 23.3. The third kappa shape index (κ3) is 1.45. The van der Waals surface area contributed by atoms with E-state index in [1.54, 1.807) is 21.3 Å². The van der Waals surface area contributed by atoms with E-state index in [0.29, 0.717) is 5.76 Å². The van der Waals surface area contributed by atoms with Gasteiger partial charge in [-0.2, -0.15) is 0 Å². The second kappa shape index (κ2) is 4.94. The van der Waals surface area contributed by atoms with Gasteiger partial charge in [0, 0.05) is 17.4 Å². The van der Waals surface area contributed by atoms with Crippen molar-refractivity contribution in [2.75, 3.05) is 34.9 Å². The minimum atomic E-state index is -1.47. The predicted octanol–water partition coefficient (Wildman–Crippen LogP) is 2.11. The number of nitrogens with zero attached hydrogens (tertiary/aromatic N) is 1. The van der Waals surface area contributed by atoms with E-state index in [1.165, 1.54) is 0 Å². The molecule has 1 spiro atoms. The standard InChI is InChI=1S/C20H25NO5/c1-21-10-9-18-8-7-15(24-3)20(22)19(18,21)11-14(26-20)12-5-6-13(23-2)17(25-4)16(12)18/h5-7,14,22H,8-11H2,1-4H3/t14-,18?,19?,20+/m1/s1. The van der Waals surface area contributed by atoms with Crippen LogP contribution in [-0.4, -0.2) is 56.3 Å². The van der Waals surface area contributed by atoms with Gasteiger partial charge in [-0.1, -0.05) is 6.07 Å². The maximum atomic E-state index is 11.8. The molecule has 2 aliphatic heterocycles. The second-order valence-corrected chi connectivity index (χ2v) is 7.81. The zero-order valence-electron chi connectivity index (χ0n) is 15.7. The number of allylic oxidation sites excluding steroid dienone is 1. The van der Waals surface area contributed by atoms with Crippen LogP contribution in [0.25, 0.3) is 0 Å². The fourth-order valence-corrected chi connectivity index (χ4v) is 6.28. The molecule has 2 fully saturated rings. The summed E-state index contributed by atoms with van der Waals surface area (Å²) in [5.41, 5.74) is 1.34. The Hall–Kier alpha value is -1.76. The van der Waals surface area contributed by atoms with Gasteiger partial charge >= 0.3 is 0 Å². The van der Waals surface area contributed by atoms with Crippen molar-refractivity contribution < 1.29 is 24.1 Å². The molecule has 1 aromatic rings. The first kappa shape index (κ1) is 16.4. The molecule has 2 bridgehead atoms. The van der Waals surface area contributed by atoms with Crippen LogP contribution in [0.3, 0.4) is 0 Å². The van der Waals surface area contributed by atoms with Crippen LogP contribution >= 0.6 is 0 Å². The van der Waals surface area contributed by atoms with Crippen LogP contribution in [0, 0.1) is 0 Å². The summed E-state index contributed by atoms with van der Waals surface area (Å²) in [5, 5.41) is 11.8. The Labute approximate surface area is 153 Å². The van der Waals surface area contributed by atoms with Gasteiger partial charge in [-0.25, -0.2) is 0 Å². The summed E-state index contributed by atoms with van der Waals surface area (Å²) >= 11 is 0. The van der Waals surface area contributed by atoms with Gasteiger partial charge in [-0.05, 0) is 44.1 Å². The summed E-state index contributed by atoms with van der Waals surface area (Å²) in [6.45, 7) is 0.878. The Morgan fingerprint density at radius 2 is 2.00 bits per heavy atom. The van der Waals surface area contributed by atoms with Gasteiger partial charge in [0.25, 0.3) is 0 Å². The Morgan fingerprint density at radius 1 is 1.19 bits per heavy atom. The van der Waals surface area contributed by atoms with Gasteiger partial charge in [0.15, 0.2) is 17.3 Å². The molecule has 26 heavy (non-hydrogen) atoms. The fourth-order valence-electron chi connectivity index (χ4n) is 6.28. The van der Waals surface area contributed by atoms with Crippen molar-refractivity contribution in [1.29, 1.82) is 0 Å². The third-order valence-electron chi connectivity index (χ3n) is 7.26. The molecule has 0 radical (unpaired) electrons. The normalized spacial score (nSPS) is 39.9. The Kier molecular flexibility index (Phi) is 3.12. The maximum Gasteiger partial charge on any atom is 0.245 e. The van der Waals surface area contributed by atoms with Crippen LogP contribution in [0.4, 0.5) is 0 Å². The molecule has 6 nitrogen and oxygen atoms in total. The van der Waals surface area contributed by atoms with E-state index in [4.69, 9.17) is 18.9 Å². The van der Waals surface area contributed by atoms with E-state index in [2.05, 4.69) is 18.0 Å². The van der Waals surface area contributed by atoms with E-state index in [-0.39, 0.29) is 11.5 Å². The van der Waals surface area contributed by atoms with Gasteiger partial charge in [0.2, 0.25) is 5.79 Å². The zero-order valence-corrected chi connectivity index (χ0v) is 15.7. The van der Waals surface area contributed by atoms with Crippen LogP contribution < -0.4 is 9.47 Å². The van der Waals surface area contributed by atoms with Gasteiger partial charge in [0.05, 0.1) is 33.0 Å². The Bertz CT molecular complexity index is 823. The van der Waals surface area contributed by atoms with E-state index >= 15 is 0 Å². The first-order chi connectivity index (χ1) is 12.5. The lowest BCUT2D eigenvalue weighted by Crippen LogP contribution is -2.69. The Morgan fingerprint density at radius 3 is 2.69 bits per heavy atom. The monoisotopic (exact) mass is 359 g/mol. The first-order valence-corrected chi connectivity index (χ1v) is 9.10. The molecule has 5 rings (SSSR count). The molecule has 140 valence electrons. The lowest BCUT2D eigenvalue weighted by molar-refractivity contribution is -0.242. The van der Waals surface area contributed by atoms with Crippen LogP contribution in [0.5, 0.6) is 11.5 Å². The lowest BCUT2D eigenvalue weighted by Gasteiger charge is -2.56. The number of benzene rings is 1. The number of ether oxygens (including phenoxy) is 4. The highest BCUT2D eigenvalue weighted by Crippen LogP contribution is 2.72. The SMILES string of the molecule is COC1=CCC23CCN(C)C24C[C@@H](O[C@@]14O)c1ccc(OC)c(OC)c13. The van der Waals surface area contributed by atoms with Gasteiger partial charge in [-0.3, -0.25) is 4.90 Å². The molecule has 1 aromatic carbocycles. The summed E-state index contributed by atoms with van der Waals surface area (Å²) in [6.07, 6.45) is 4.22. The van der Waals surface area contributed by atoms with Crippen molar-refractivity contribution >= 4 is 0 Å². The highest BCUT2D eigenvalue weighted by atomic mass is 16.7. The number of hydrogen-bond donors (Lipinski definition) is 1. The van der Waals surface area contributed by atoms with E-state index in [9.17, 15) is 5.11 Å². The largest absolute Gasteiger partial charge is 0.496 e. The summed E-state index contributed by atoms with van der Waals surface area (Å²) in [6, 6.07) is 4.00. The smallest absolute Gasteiger partial charge is 0.245 e. The van der Waals surface area contributed by atoms with Crippen molar-refractivity contribution in [3.8, 4) is 11.5 Å². The highest BCUT2D eigenvalue weighted by molar-refractivity contribution is 5.62. The van der Waals surface area contributed by atoms with Crippen molar-refractivity contribution in [3.05, 3.63) is 35.1 Å². The fraction of sp³-hybridized carbons (Fsp3) is 0.600. The molecular formula is C20H25NO5. The summed E-state index contributed by atoms with van der Waals surface area (Å²) in [4.78, 5) is 2.26. The summed E-state index contributed by atoms with van der Waals surface area (Å²) in [5.74, 6) is 0.531. The van der Waals surface area contributed by atoms with Gasteiger partial charge in [-0.15, -0.1) is 0 Å². The van der Waals surface area contributed by atoms with E-state index in [0.717, 1.165) is 48.4 Å². The average molecular weight is 359 g/mol.